The van der Waals surface area contributed by atoms with Gasteiger partial charge in [-0.05, 0) is 24.1 Å². The van der Waals surface area contributed by atoms with Gasteiger partial charge in [0.2, 0.25) is 0 Å². The first kappa shape index (κ1) is 9.62. The lowest BCUT2D eigenvalue weighted by Crippen LogP contribution is -2.11. The second kappa shape index (κ2) is 4.53. The summed E-state index contributed by atoms with van der Waals surface area (Å²) < 4.78 is 23.5. The van der Waals surface area contributed by atoms with E-state index in [1.165, 1.54) is 12.1 Å². The maximum Gasteiger partial charge on any atom is 0.123 e. The van der Waals surface area contributed by atoms with Gasteiger partial charge in [-0.3, -0.25) is 0 Å². The van der Waals surface area contributed by atoms with Gasteiger partial charge in [0.05, 0.1) is 19.3 Å². The molecule has 1 aromatic rings. The first-order valence-corrected chi connectivity index (χ1v) is 4.78. The molecule has 1 saturated heterocycles. The molecule has 2 rings (SSSR count). The molecule has 0 aromatic heterocycles. The lowest BCUT2D eigenvalue weighted by molar-refractivity contribution is 0.0316. The Morgan fingerprint density at radius 3 is 3.14 bits per heavy atom. The van der Waals surface area contributed by atoms with Crippen LogP contribution >= 0.6 is 0 Å². The van der Waals surface area contributed by atoms with Gasteiger partial charge in [0.1, 0.15) is 5.82 Å². The van der Waals surface area contributed by atoms with E-state index in [0.717, 1.165) is 18.6 Å². The van der Waals surface area contributed by atoms with Crippen molar-refractivity contribution >= 4 is 0 Å². The molecule has 76 valence electrons. The Bertz CT molecular complexity index is 295. The van der Waals surface area contributed by atoms with Crippen LogP contribution in [0.3, 0.4) is 0 Å². The molecule has 0 aliphatic carbocycles. The molecular weight excluding hydrogens is 183 g/mol. The van der Waals surface area contributed by atoms with E-state index < -0.39 is 0 Å². The molecule has 1 heterocycles. The first-order valence-electron chi connectivity index (χ1n) is 4.78. The largest absolute Gasteiger partial charge is 0.379 e. The number of hydrogen-bond donors (Lipinski definition) is 0. The predicted molar refractivity (Wildman–Crippen MR) is 50.4 cm³/mol. The zero-order chi connectivity index (χ0) is 9.80. The molecule has 1 aliphatic heterocycles. The highest BCUT2D eigenvalue weighted by Crippen LogP contribution is 2.12. The first-order chi connectivity index (χ1) is 6.84. The van der Waals surface area contributed by atoms with E-state index in [1.54, 1.807) is 6.07 Å². The Morgan fingerprint density at radius 2 is 2.43 bits per heavy atom. The van der Waals surface area contributed by atoms with Crippen LogP contribution in [-0.2, 0) is 16.1 Å². The molecule has 2 nitrogen and oxygen atoms in total. The van der Waals surface area contributed by atoms with Crippen molar-refractivity contribution in [3.8, 4) is 0 Å². The highest BCUT2D eigenvalue weighted by molar-refractivity contribution is 5.15. The zero-order valence-corrected chi connectivity index (χ0v) is 7.91. The van der Waals surface area contributed by atoms with Crippen molar-refractivity contribution in [3.63, 3.8) is 0 Å². The van der Waals surface area contributed by atoms with Crippen LogP contribution in [0.4, 0.5) is 4.39 Å². The molecule has 1 atom stereocenters. The number of benzene rings is 1. The number of halogens is 1. The fourth-order valence-electron chi connectivity index (χ4n) is 1.49. The van der Waals surface area contributed by atoms with Crippen LogP contribution < -0.4 is 0 Å². The van der Waals surface area contributed by atoms with Gasteiger partial charge >= 0.3 is 0 Å². The SMILES string of the molecule is Fc1cccc(COC2CCOC2)c1. The highest BCUT2D eigenvalue weighted by atomic mass is 19.1. The molecule has 0 spiro atoms. The molecule has 14 heavy (non-hydrogen) atoms. The molecule has 0 amide bonds. The zero-order valence-electron chi connectivity index (χ0n) is 7.91. The smallest absolute Gasteiger partial charge is 0.123 e. The standard InChI is InChI=1S/C11H13FO2/c12-10-3-1-2-9(6-10)7-14-11-4-5-13-8-11/h1-3,6,11H,4-5,7-8H2. The van der Waals surface area contributed by atoms with Crippen LogP contribution in [0.15, 0.2) is 24.3 Å². The van der Waals surface area contributed by atoms with Crippen molar-refractivity contribution in [3.05, 3.63) is 35.6 Å². The Balaban J connectivity index is 1.85. The van der Waals surface area contributed by atoms with Crippen LogP contribution in [0.2, 0.25) is 0 Å². The fraction of sp³-hybridized carbons (Fsp3) is 0.455. The summed E-state index contributed by atoms with van der Waals surface area (Å²) >= 11 is 0. The molecular formula is C11H13FO2. The fourth-order valence-corrected chi connectivity index (χ4v) is 1.49. The van der Waals surface area contributed by atoms with Crippen LogP contribution in [0.1, 0.15) is 12.0 Å². The summed E-state index contributed by atoms with van der Waals surface area (Å²) in [7, 11) is 0. The van der Waals surface area contributed by atoms with Gasteiger partial charge in [0, 0.05) is 6.61 Å². The minimum atomic E-state index is -0.214. The molecule has 1 fully saturated rings. The van der Waals surface area contributed by atoms with Crippen molar-refractivity contribution in [2.45, 2.75) is 19.1 Å². The second-order valence-corrected chi connectivity index (χ2v) is 3.43. The van der Waals surface area contributed by atoms with Crippen LogP contribution in [0, 0.1) is 5.82 Å². The highest BCUT2D eigenvalue weighted by Gasteiger charge is 2.15. The third-order valence-corrected chi connectivity index (χ3v) is 2.26. The van der Waals surface area contributed by atoms with Crippen molar-refractivity contribution in [2.24, 2.45) is 0 Å². The van der Waals surface area contributed by atoms with Gasteiger partial charge in [-0.25, -0.2) is 4.39 Å². The minimum absolute atomic E-state index is 0.179. The van der Waals surface area contributed by atoms with E-state index in [2.05, 4.69) is 0 Å². The summed E-state index contributed by atoms with van der Waals surface area (Å²) in [5, 5.41) is 0. The minimum Gasteiger partial charge on any atom is -0.379 e. The molecule has 1 aliphatic rings. The van der Waals surface area contributed by atoms with Gasteiger partial charge in [-0.15, -0.1) is 0 Å². The van der Waals surface area contributed by atoms with Crippen molar-refractivity contribution in [2.75, 3.05) is 13.2 Å². The predicted octanol–water partition coefficient (Wildman–Crippen LogP) is 2.13. The van der Waals surface area contributed by atoms with E-state index in [1.807, 2.05) is 6.07 Å². The van der Waals surface area contributed by atoms with E-state index in [9.17, 15) is 4.39 Å². The maximum atomic E-state index is 12.8. The second-order valence-electron chi connectivity index (χ2n) is 3.43. The maximum absolute atomic E-state index is 12.8. The Morgan fingerprint density at radius 1 is 1.50 bits per heavy atom. The third-order valence-electron chi connectivity index (χ3n) is 2.26. The Labute approximate surface area is 82.6 Å². The number of rotatable bonds is 3. The van der Waals surface area contributed by atoms with Gasteiger partial charge in [0.25, 0.3) is 0 Å². The molecule has 0 radical (unpaired) electrons. The lowest BCUT2D eigenvalue weighted by atomic mass is 10.2. The van der Waals surface area contributed by atoms with Crippen LogP contribution in [0.25, 0.3) is 0 Å². The van der Waals surface area contributed by atoms with Crippen molar-refractivity contribution < 1.29 is 13.9 Å². The Kier molecular flexibility index (Phi) is 3.11. The van der Waals surface area contributed by atoms with Gasteiger partial charge < -0.3 is 9.47 Å². The van der Waals surface area contributed by atoms with Gasteiger partial charge in [0.15, 0.2) is 0 Å². The molecule has 1 aromatic carbocycles. The summed E-state index contributed by atoms with van der Waals surface area (Å²) in [5.41, 5.74) is 0.872. The summed E-state index contributed by atoms with van der Waals surface area (Å²) in [6.07, 6.45) is 1.12. The molecule has 1 unspecified atom stereocenters. The van der Waals surface area contributed by atoms with E-state index >= 15 is 0 Å². The monoisotopic (exact) mass is 196 g/mol. The lowest BCUT2D eigenvalue weighted by Gasteiger charge is -2.09. The molecule has 0 bridgehead atoms. The molecule has 3 heteroatoms. The van der Waals surface area contributed by atoms with E-state index in [-0.39, 0.29) is 11.9 Å². The van der Waals surface area contributed by atoms with Crippen molar-refractivity contribution in [1.29, 1.82) is 0 Å². The van der Waals surface area contributed by atoms with E-state index in [0.29, 0.717) is 13.2 Å². The average Bonchev–Trinajstić information content (AvgIpc) is 2.67. The topological polar surface area (TPSA) is 18.5 Å². The Hall–Kier alpha value is -0.930. The summed E-state index contributed by atoms with van der Waals surface area (Å²) in [5.74, 6) is -0.214. The summed E-state index contributed by atoms with van der Waals surface area (Å²) in [6, 6.07) is 6.48. The number of ether oxygens (including phenoxy) is 2. The quantitative estimate of drug-likeness (QED) is 0.737. The van der Waals surface area contributed by atoms with E-state index in [4.69, 9.17) is 9.47 Å². The third kappa shape index (κ3) is 2.53. The number of hydrogen-bond acceptors (Lipinski definition) is 2. The summed E-state index contributed by atoms with van der Waals surface area (Å²) in [4.78, 5) is 0. The summed E-state index contributed by atoms with van der Waals surface area (Å²) in [6.45, 7) is 1.90. The van der Waals surface area contributed by atoms with Gasteiger partial charge in [-0.1, -0.05) is 12.1 Å². The average molecular weight is 196 g/mol. The molecule has 0 N–H and O–H groups in total. The van der Waals surface area contributed by atoms with Crippen LogP contribution in [0.5, 0.6) is 0 Å². The van der Waals surface area contributed by atoms with Gasteiger partial charge in [-0.2, -0.15) is 0 Å². The van der Waals surface area contributed by atoms with Crippen LogP contribution in [-0.4, -0.2) is 19.3 Å². The normalized spacial score (nSPS) is 21.4. The molecule has 0 saturated carbocycles. The van der Waals surface area contributed by atoms with Crippen molar-refractivity contribution in [1.82, 2.24) is 0 Å².